The highest BCUT2D eigenvalue weighted by Gasteiger charge is 2.24. The number of aromatic nitrogens is 3. The number of anilines is 2. The molecule has 0 spiro atoms. The van der Waals surface area contributed by atoms with Crippen molar-refractivity contribution >= 4 is 44.8 Å². The second kappa shape index (κ2) is 8.78. The van der Waals surface area contributed by atoms with Gasteiger partial charge in [0.15, 0.2) is 5.82 Å². The Kier molecular flexibility index (Phi) is 5.72. The molecular weight excluding hydrogens is 430 g/mol. The molecule has 0 saturated carbocycles. The number of halogens is 1. The molecule has 0 aliphatic carbocycles. The second-order valence-electron chi connectivity index (χ2n) is 7.40. The number of thiophene rings is 1. The summed E-state index contributed by atoms with van der Waals surface area (Å²) >= 11 is 7.65. The zero-order valence-electron chi connectivity index (χ0n) is 17.2. The summed E-state index contributed by atoms with van der Waals surface area (Å²) in [7, 11) is 1.68. The molecule has 3 aromatic heterocycles. The van der Waals surface area contributed by atoms with Crippen molar-refractivity contribution in [3.05, 3.63) is 64.9 Å². The number of pyridine rings is 1. The fraction of sp³-hybridized carbons (Fsp3) is 0.261. The van der Waals surface area contributed by atoms with Gasteiger partial charge in [-0.25, -0.2) is 15.0 Å². The van der Waals surface area contributed by atoms with E-state index in [0.717, 1.165) is 48.0 Å². The van der Waals surface area contributed by atoms with E-state index in [0.29, 0.717) is 17.5 Å². The van der Waals surface area contributed by atoms with Gasteiger partial charge in [-0.15, -0.1) is 11.3 Å². The van der Waals surface area contributed by atoms with Gasteiger partial charge in [0, 0.05) is 50.4 Å². The van der Waals surface area contributed by atoms with Gasteiger partial charge in [0.05, 0.1) is 10.4 Å². The Hall–Kier alpha value is -2.74. The van der Waals surface area contributed by atoms with E-state index in [-0.39, 0.29) is 0 Å². The Morgan fingerprint density at radius 3 is 2.48 bits per heavy atom. The molecule has 6 nitrogen and oxygen atoms in total. The Morgan fingerprint density at radius 1 is 1.00 bits per heavy atom. The summed E-state index contributed by atoms with van der Waals surface area (Å²) in [6.45, 7) is 3.84. The molecule has 31 heavy (non-hydrogen) atoms. The molecule has 158 valence electrons. The van der Waals surface area contributed by atoms with Crippen molar-refractivity contribution in [2.75, 3.05) is 43.1 Å². The van der Waals surface area contributed by atoms with E-state index in [1.165, 1.54) is 11.1 Å². The van der Waals surface area contributed by atoms with E-state index in [2.05, 4.69) is 44.4 Å². The third kappa shape index (κ3) is 4.08. The van der Waals surface area contributed by atoms with E-state index in [9.17, 15) is 0 Å². The quantitative estimate of drug-likeness (QED) is 0.431. The summed E-state index contributed by atoms with van der Waals surface area (Å²) in [4.78, 5) is 19.8. The molecule has 0 atom stereocenters. The molecule has 4 heterocycles. The summed E-state index contributed by atoms with van der Waals surface area (Å²) in [5, 5.41) is 3.96. The second-order valence-corrected chi connectivity index (χ2v) is 8.70. The molecular formula is C23H22ClN5OS. The lowest BCUT2D eigenvalue weighted by Gasteiger charge is -2.36. The maximum Gasteiger partial charge on any atom is 0.158 e. The minimum Gasteiger partial charge on any atom is -0.377 e. The predicted molar refractivity (Wildman–Crippen MR) is 127 cm³/mol. The van der Waals surface area contributed by atoms with Gasteiger partial charge in [-0.05, 0) is 17.7 Å². The minimum absolute atomic E-state index is 0.399. The summed E-state index contributed by atoms with van der Waals surface area (Å²) in [6.07, 6.45) is 1.70. The Bertz CT molecular complexity index is 1170. The predicted octanol–water partition coefficient (Wildman–Crippen LogP) is 4.88. The Labute approximate surface area is 190 Å². The van der Waals surface area contributed by atoms with Crippen molar-refractivity contribution in [3.8, 4) is 11.1 Å². The smallest absolute Gasteiger partial charge is 0.158 e. The van der Waals surface area contributed by atoms with E-state index >= 15 is 0 Å². The maximum absolute atomic E-state index is 5.99. The number of methoxy groups -OCH3 is 1. The van der Waals surface area contributed by atoms with Crippen molar-refractivity contribution in [1.82, 2.24) is 15.0 Å². The van der Waals surface area contributed by atoms with Crippen LogP contribution in [0.15, 0.2) is 54.0 Å². The SMILES string of the molecule is COCc1nc(N2CCN(c3ccc(Cl)cn3)CC2)c2c(-c3ccccc3)csc2n1. The highest BCUT2D eigenvalue weighted by Crippen LogP contribution is 2.38. The minimum atomic E-state index is 0.399. The van der Waals surface area contributed by atoms with Gasteiger partial charge < -0.3 is 14.5 Å². The van der Waals surface area contributed by atoms with Crippen LogP contribution in [0.25, 0.3) is 21.3 Å². The molecule has 0 radical (unpaired) electrons. The number of hydrogen-bond donors (Lipinski definition) is 0. The van der Waals surface area contributed by atoms with Gasteiger partial charge in [-0.3, -0.25) is 0 Å². The molecule has 0 amide bonds. The van der Waals surface area contributed by atoms with Crippen LogP contribution in [0.1, 0.15) is 5.82 Å². The van der Waals surface area contributed by atoms with Crippen LogP contribution in [0.2, 0.25) is 5.02 Å². The molecule has 1 saturated heterocycles. The van der Waals surface area contributed by atoms with Crippen molar-refractivity contribution < 1.29 is 4.74 Å². The Morgan fingerprint density at radius 2 is 1.77 bits per heavy atom. The highest BCUT2D eigenvalue weighted by molar-refractivity contribution is 7.17. The van der Waals surface area contributed by atoms with Gasteiger partial charge in [-0.1, -0.05) is 41.9 Å². The van der Waals surface area contributed by atoms with Crippen molar-refractivity contribution in [2.24, 2.45) is 0 Å². The topological polar surface area (TPSA) is 54.4 Å². The fourth-order valence-corrected chi connectivity index (χ4v) is 4.99. The lowest BCUT2D eigenvalue weighted by Crippen LogP contribution is -2.47. The van der Waals surface area contributed by atoms with Crippen molar-refractivity contribution in [1.29, 1.82) is 0 Å². The molecule has 1 aliphatic rings. The molecule has 1 aromatic carbocycles. The zero-order chi connectivity index (χ0) is 21.2. The van der Waals surface area contributed by atoms with E-state index in [4.69, 9.17) is 26.3 Å². The standard InChI is InChI=1S/C23H22ClN5OS/c1-30-14-19-26-22(21-18(15-31-23(21)27-19)16-5-3-2-4-6-16)29-11-9-28(10-12-29)20-8-7-17(24)13-25-20/h2-8,13,15H,9-12,14H2,1H3. The largest absolute Gasteiger partial charge is 0.377 e. The zero-order valence-corrected chi connectivity index (χ0v) is 18.7. The Balaban J connectivity index is 1.49. The molecule has 1 aliphatic heterocycles. The fourth-order valence-electron chi connectivity index (χ4n) is 3.92. The number of hydrogen-bond acceptors (Lipinski definition) is 7. The molecule has 0 unspecified atom stereocenters. The number of benzene rings is 1. The average molecular weight is 452 g/mol. The number of piperazine rings is 1. The third-order valence-electron chi connectivity index (χ3n) is 5.43. The molecule has 4 aromatic rings. The lowest BCUT2D eigenvalue weighted by atomic mass is 10.1. The summed E-state index contributed by atoms with van der Waals surface area (Å²) in [5.41, 5.74) is 2.36. The van der Waals surface area contributed by atoms with Crippen LogP contribution in [0.3, 0.4) is 0 Å². The van der Waals surface area contributed by atoms with Crippen LogP contribution >= 0.6 is 22.9 Å². The van der Waals surface area contributed by atoms with Gasteiger partial charge in [-0.2, -0.15) is 0 Å². The number of rotatable bonds is 5. The molecule has 0 N–H and O–H groups in total. The van der Waals surface area contributed by atoms with Crippen molar-refractivity contribution in [3.63, 3.8) is 0 Å². The van der Waals surface area contributed by atoms with E-state index in [1.807, 2.05) is 18.2 Å². The summed E-state index contributed by atoms with van der Waals surface area (Å²) in [6, 6.07) is 14.3. The maximum atomic E-state index is 5.99. The summed E-state index contributed by atoms with van der Waals surface area (Å²) < 4.78 is 5.33. The summed E-state index contributed by atoms with van der Waals surface area (Å²) in [5.74, 6) is 2.66. The first-order valence-corrected chi connectivity index (χ1v) is 11.4. The first-order chi connectivity index (χ1) is 15.2. The average Bonchev–Trinajstić information content (AvgIpc) is 3.24. The van der Waals surface area contributed by atoms with Gasteiger partial charge >= 0.3 is 0 Å². The van der Waals surface area contributed by atoms with Crippen LogP contribution in [-0.4, -0.2) is 48.2 Å². The normalized spacial score (nSPS) is 14.4. The van der Waals surface area contributed by atoms with Crippen molar-refractivity contribution in [2.45, 2.75) is 6.61 Å². The number of nitrogens with zero attached hydrogens (tertiary/aromatic N) is 5. The van der Waals surface area contributed by atoms with Crippen LogP contribution in [-0.2, 0) is 11.3 Å². The number of ether oxygens (including phenoxy) is 1. The highest BCUT2D eigenvalue weighted by atomic mass is 35.5. The molecule has 5 rings (SSSR count). The molecule has 0 bridgehead atoms. The third-order valence-corrected chi connectivity index (χ3v) is 6.53. The van der Waals surface area contributed by atoms with Gasteiger partial charge in [0.1, 0.15) is 23.1 Å². The number of fused-ring (bicyclic) bond motifs is 1. The van der Waals surface area contributed by atoms with Crippen LogP contribution in [0.4, 0.5) is 11.6 Å². The first kappa shape index (κ1) is 20.2. The monoisotopic (exact) mass is 451 g/mol. The van der Waals surface area contributed by atoms with Gasteiger partial charge in [0.25, 0.3) is 0 Å². The van der Waals surface area contributed by atoms with E-state index in [1.54, 1.807) is 24.6 Å². The van der Waals surface area contributed by atoms with Gasteiger partial charge in [0.2, 0.25) is 0 Å². The van der Waals surface area contributed by atoms with E-state index < -0.39 is 0 Å². The van der Waals surface area contributed by atoms with Crippen LogP contribution in [0, 0.1) is 0 Å². The molecule has 8 heteroatoms. The first-order valence-electron chi connectivity index (χ1n) is 10.2. The molecule has 1 fully saturated rings. The lowest BCUT2D eigenvalue weighted by molar-refractivity contribution is 0.178. The van der Waals surface area contributed by atoms with Crippen LogP contribution in [0.5, 0.6) is 0 Å². The van der Waals surface area contributed by atoms with Crippen LogP contribution < -0.4 is 9.80 Å².